The van der Waals surface area contributed by atoms with Gasteiger partial charge in [-0.3, -0.25) is 13.9 Å². The lowest BCUT2D eigenvalue weighted by Gasteiger charge is -2.34. The van der Waals surface area contributed by atoms with Gasteiger partial charge >= 0.3 is 0 Å². The Morgan fingerprint density at radius 2 is 1.55 bits per heavy atom. The lowest BCUT2D eigenvalue weighted by Crippen LogP contribution is -2.55. The number of hydrogen-bond donors (Lipinski definition) is 1. The van der Waals surface area contributed by atoms with Gasteiger partial charge in [0.2, 0.25) is 11.8 Å². The van der Waals surface area contributed by atoms with Gasteiger partial charge in [-0.1, -0.05) is 37.3 Å². The summed E-state index contributed by atoms with van der Waals surface area (Å²) in [6.07, 6.45) is 0.346. The average Bonchev–Trinajstić information content (AvgIpc) is 2.92. The van der Waals surface area contributed by atoms with Crippen LogP contribution in [0.5, 0.6) is 5.75 Å². The van der Waals surface area contributed by atoms with Gasteiger partial charge in [-0.15, -0.1) is 0 Å². The van der Waals surface area contributed by atoms with E-state index < -0.39 is 34.1 Å². The van der Waals surface area contributed by atoms with Crippen LogP contribution in [0.4, 0.5) is 5.69 Å². The molecule has 0 spiro atoms. The number of hydrogen-bond acceptors (Lipinski definition) is 5. The molecule has 1 N–H and O–H groups in total. The maximum atomic E-state index is 14.1. The van der Waals surface area contributed by atoms with Crippen LogP contribution in [0.15, 0.2) is 83.8 Å². The van der Waals surface area contributed by atoms with Crippen molar-refractivity contribution in [2.75, 3.05) is 18.0 Å². The molecule has 1 atom stereocenters. The van der Waals surface area contributed by atoms with Crippen LogP contribution in [0.2, 0.25) is 0 Å². The highest BCUT2D eigenvalue weighted by atomic mass is 127. The summed E-state index contributed by atoms with van der Waals surface area (Å²) in [7, 11) is -2.52. The molecule has 214 valence electrons. The van der Waals surface area contributed by atoms with E-state index in [1.807, 2.05) is 39.8 Å². The number of rotatable bonds is 11. The van der Waals surface area contributed by atoms with Crippen LogP contribution in [0, 0.1) is 3.57 Å². The molecule has 3 aromatic rings. The fraction of sp³-hybridized carbons (Fsp3) is 0.333. The lowest BCUT2D eigenvalue weighted by atomic mass is 10.1. The summed E-state index contributed by atoms with van der Waals surface area (Å²) in [5.74, 6) is -0.133. The molecule has 40 heavy (non-hydrogen) atoms. The summed E-state index contributed by atoms with van der Waals surface area (Å²) in [6, 6.07) is 21.3. The van der Waals surface area contributed by atoms with Crippen LogP contribution in [-0.2, 0) is 26.2 Å². The number of nitrogens with one attached hydrogen (secondary N) is 1. The van der Waals surface area contributed by atoms with Crippen LogP contribution in [0.1, 0.15) is 39.7 Å². The van der Waals surface area contributed by atoms with Gasteiger partial charge in [0.05, 0.1) is 17.7 Å². The molecule has 0 fully saturated rings. The second-order valence-corrected chi connectivity index (χ2v) is 13.4. The minimum atomic E-state index is -4.09. The summed E-state index contributed by atoms with van der Waals surface area (Å²) < 4.78 is 34.9. The molecule has 0 saturated heterocycles. The molecule has 0 aliphatic heterocycles. The summed E-state index contributed by atoms with van der Waals surface area (Å²) in [5, 5.41) is 2.97. The van der Waals surface area contributed by atoms with Gasteiger partial charge in [-0.25, -0.2) is 8.42 Å². The van der Waals surface area contributed by atoms with E-state index in [-0.39, 0.29) is 17.3 Å². The molecule has 0 unspecified atom stereocenters. The zero-order valence-electron chi connectivity index (χ0n) is 23.4. The summed E-state index contributed by atoms with van der Waals surface area (Å²) in [4.78, 5) is 29.0. The van der Waals surface area contributed by atoms with E-state index in [2.05, 4.69) is 27.9 Å². The molecule has 3 aromatic carbocycles. The highest BCUT2D eigenvalue weighted by Crippen LogP contribution is 2.26. The predicted octanol–water partition coefficient (Wildman–Crippen LogP) is 5.22. The number of carbonyl (C=O) groups excluding carboxylic acids is 2. The van der Waals surface area contributed by atoms with Crippen molar-refractivity contribution in [1.29, 1.82) is 0 Å². The van der Waals surface area contributed by atoms with Crippen LogP contribution >= 0.6 is 22.6 Å². The largest absolute Gasteiger partial charge is 0.497 e. The molecule has 0 aliphatic rings. The Bertz CT molecular complexity index is 1390. The standard InChI is InChI=1S/C30H36IN3O5S/c1-6-27(29(36)32-30(2,3)4)33(20-22-12-18-25(39-5)19-13-22)28(35)21-34(24-16-14-23(31)15-17-24)40(37,38)26-10-8-7-9-11-26/h7-19,27H,6,20-21H2,1-5H3,(H,32,36)/t27-/m1/s1. The fourth-order valence-electron chi connectivity index (χ4n) is 4.16. The monoisotopic (exact) mass is 677 g/mol. The molecular weight excluding hydrogens is 641 g/mol. The van der Waals surface area contributed by atoms with Crippen molar-refractivity contribution in [2.45, 2.75) is 57.1 Å². The van der Waals surface area contributed by atoms with E-state index in [1.165, 1.54) is 17.0 Å². The fourth-order valence-corrected chi connectivity index (χ4v) is 5.95. The highest BCUT2D eigenvalue weighted by molar-refractivity contribution is 14.1. The van der Waals surface area contributed by atoms with Crippen molar-refractivity contribution in [3.63, 3.8) is 0 Å². The Kier molecular flexibility index (Phi) is 10.6. The number of sulfonamides is 1. The first-order chi connectivity index (χ1) is 18.9. The first-order valence-electron chi connectivity index (χ1n) is 12.9. The van der Waals surface area contributed by atoms with E-state index in [4.69, 9.17) is 4.74 Å². The van der Waals surface area contributed by atoms with Crippen LogP contribution in [0.25, 0.3) is 0 Å². The number of halogens is 1. The summed E-state index contributed by atoms with van der Waals surface area (Å²) in [6.45, 7) is 7.09. The van der Waals surface area contributed by atoms with Crippen molar-refractivity contribution in [3.05, 3.63) is 88.0 Å². The molecule has 0 heterocycles. The summed E-state index contributed by atoms with van der Waals surface area (Å²) in [5.41, 5.74) is 0.625. The number of nitrogens with zero attached hydrogens (tertiary/aromatic N) is 2. The minimum Gasteiger partial charge on any atom is -0.497 e. The molecule has 0 aromatic heterocycles. The van der Waals surface area contributed by atoms with Gasteiger partial charge in [0.15, 0.2) is 0 Å². The number of ether oxygens (including phenoxy) is 1. The van der Waals surface area contributed by atoms with E-state index in [0.717, 1.165) is 13.4 Å². The normalized spacial score (nSPS) is 12.3. The summed E-state index contributed by atoms with van der Waals surface area (Å²) >= 11 is 2.14. The molecular formula is C30H36IN3O5S. The maximum absolute atomic E-state index is 14.1. The van der Waals surface area contributed by atoms with Crippen LogP contribution < -0.4 is 14.4 Å². The second kappa shape index (κ2) is 13.5. The van der Waals surface area contributed by atoms with Gasteiger partial charge < -0.3 is 15.0 Å². The number of anilines is 1. The van der Waals surface area contributed by atoms with Gasteiger partial charge in [-0.2, -0.15) is 0 Å². The van der Waals surface area contributed by atoms with Crippen LogP contribution in [-0.4, -0.2) is 50.4 Å². The lowest BCUT2D eigenvalue weighted by molar-refractivity contribution is -0.141. The topological polar surface area (TPSA) is 96.0 Å². The zero-order valence-corrected chi connectivity index (χ0v) is 26.4. The Balaban J connectivity index is 2.05. The Morgan fingerprint density at radius 3 is 2.08 bits per heavy atom. The molecule has 0 bridgehead atoms. The Hall–Kier alpha value is -3.12. The maximum Gasteiger partial charge on any atom is 0.264 e. The Morgan fingerprint density at radius 1 is 0.950 bits per heavy atom. The second-order valence-electron chi connectivity index (χ2n) is 10.3. The number of amides is 2. The van der Waals surface area contributed by atoms with E-state index in [1.54, 1.807) is 61.7 Å². The Labute approximate surface area is 250 Å². The van der Waals surface area contributed by atoms with Gasteiger partial charge in [0, 0.05) is 15.7 Å². The van der Waals surface area contributed by atoms with Gasteiger partial charge in [-0.05, 0) is 104 Å². The van der Waals surface area contributed by atoms with Gasteiger partial charge in [0.1, 0.15) is 18.3 Å². The number of carbonyl (C=O) groups is 2. The minimum absolute atomic E-state index is 0.0700. The van der Waals surface area contributed by atoms with Crippen molar-refractivity contribution in [3.8, 4) is 5.75 Å². The van der Waals surface area contributed by atoms with E-state index in [0.29, 0.717) is 17.9 Å². The third kappa shape index (κ3) is 8.20. The first kappa shape index (κ1) is 31.4. The quantitative estimate of drug-likeness (QED) is 0.281. The average molecular weight is 678 g/mol. The van der Waals surface area contributed by atoms with Gasteiger partial charge in [0.25, 0.3) is 10.0 Å². The smallest absolute Gasteiger partial charge is 0.264 e. The third-order valence-electron chi connectivity index (χ3n) is 6.12. The van der Waals surface area contributed by atoms with E-state index >= 15 is 0 Å². The molecule has 3 rings (SSSR count). The molecule has 8 nitrogen and oxygen atoms in total. The van der Waals surface area contributed by atoms with Crippen molar-refractivity contribution in [1.82, 2.24) is 10.2 Å². The number of methoxy groups -OCH3 is 1. The number of benzene rings is 3. The van der Waals surface area contributed by atoms with Crippen molar-refractivity contribution in [2.24, 2.45) is 0 Å². The molecule has 0 aliphatic carbocycles. The molecule has 0 saturated carbocycles. The predicted molar refractivity (Wildman–Crippen MR) is 166 cm³/mol. The molecule has 2 amide bonds. The molecule has 0 radical (unpaired) electrons. The zero-order chi connectivity index (χ0) is 29.5. The first-order valence-corrected chi connectivity index (χ1v) is 15.5. The van der Waals surface area contributed by atoms with Crippen LogP contribution in [0.3, 0.4) is 0 Å². The molecule has 10 heteroatoms. The highest BCUT2D eigenvalue weighted by Gasteiger charge is 2.34. The van der Waals surface area contributed by atoms with E-state index in [9.17, 15) is 18.0 Å². The van der Waals surface area contributed by atoms with Crippen molar-refractivity contribution >= 4 is 50.1 Å². The third-order valence-corrected chi connectivity index (χ3v) is 8.63. The SMILES string of the molecule is CC[C@H](C(=O)NC(C)(C)C)N(Cc1ccc(OC)cc1)C(=O)CN(c1ccc(I)cc1)S(=O)(=O)c1ccccc1. The van der Waals surface area contributed by atoms with Crippen molar-refractivity contribution < 1.29 is 22.7 Å².